The van der Waals surface area contributed by atoms with Crippen molar-refractivity contribution < 1.29 is 9.53 Å². The Morgan fingerprint density at radius 1 is 1.28 bits per heavy atom. The van der Waals surface area contributed by atoms with Crippen molar-refractivity contribution in [2.75, 3.05) is 12.4 Å². The number of ether oxygens (including phenoxy) is 1. The number of anilines is 1. The molecule has 3 aromatic rings. The number of aromatic nitrogens is 2. The van der Waals surface area contributed by atoms with Gasteiger partial charge in [0.05, 0.1) is 23.8 Å². The number of benzene rings is 2. The molecule has 0 atom stereocenters. The van der Waals surface area contributed by atoms with Crippen LogP contribution in [0.4, 0.5) is 5.69 Å². The molecule has 1 heterocycles. The van der Waals surface area contributed by atoms with Gasteiger partial charge in [-0.3, -0.25) is 9.59 Å². The van der Waals surface area contributed by atoms with Crippen LogP contribution in [0.25, 0.3) is 11.0 Å². The lowest BCUT2D eigenvalue weighted by Gasteiger charge is -2.12. The van der Waals surface area contributed by atoms with Crippen molar-refractivity contribution in [1.82, 2.24) is 9.55 Å². The zero-order valence-corrected chi connectivity index (χ0v) is 14.5. The Hall–Kier alpha value is -2.86. The summed E-state index contributed by atoms with van der Waals surface area (Å²) in [6.07, 6.45) is 0. The fraction of sp³-hybridized carbons (Fsp3) is 0.167. The van der Waals surface area contributed by atoms with E-state index in [1.54, 1.807) is 30.3 Å². The molecule has 0 aliphatic carbocycles. The van der Waals surface area contributed by atoms with Crippen LogP contribution in [0.2, 0.25) is 5.02 Å². The van der Waals surface area contributed by atoms with E-state index in [-0.39, 0.29) is 5.69 Å². The fourth-order valence-corrected chi connectivity index (χ4v) is 2.79. The molecule has 0 saturated heterocycles. The minimum Gasteiger partial charge on any atom is -0.495 e. The fourth-order valence-electron chi connectivity index (χ4n) is 2.61. The van der Waals surface area contributed by atoms with Crippen molar-refractivity contribution in [1.29, 1.82) is 0 Å². The maximum Gasteiger partial charge on any atom is 0.282 e. The highest BCUT2D eigenvalue weighted by Crippen LogP contribution is 2.27. The van der Waals surface area contributed by atoms with Gasteiger partial charge in [-0.25, -0.2) is 4.98 Å². The number of nitrogens with zero attached hydrogens (tertiary/aromatic N) is 2. The summed E-state index contributed by atoms with van der Waals surface area (Å²) in [6, 6.07) is 12.0. The number of aryl methyl sites for hydroxylation is 1. The lowest BCUT2D eigenvalue weighted by atomic mass is 10.2. The Bertz CT molecular complexity index is 1010. The van der Waals surface area contributed by atoms with Crippen LogP contribution < -0.4 is 15.6 Å². The van der Waals surface area contributed by atoms with Gasteiger partial charge in [-0.2, -0.15) is 0 Å². The number of hydrogen-bond donors (Lipinski definition) is 1. The van der Waals surface area contributed by atoms with Gasteiger partial charge in [0.1, 0.15) is 5.75 Å². The average molecular weight is 358 g/mol. The first-order valence-corrected chi connectivity index (χ1v) is 8.07. The van der Waals surface area contributed by atoms with Crippen LogP contribution >= 0.6 is 11.6 Å². The number of methoxy groups -OCH3 is 1. The molecule has 0 aliphatic heterocycles. The number of hydrogen-bond acceptors (Lipinski definition) is 4. The molecule has 6 nitrogen and oxygen atoms in total. The topological polar surface area (TPSA) is 73.2 Å². The Morgan fingerprint density at radius 3 is 2.76 bits per heavy atom. The molecule has 0 unspecified atom stereocenters. The van der Waals surface area contributed by atoms with E-state index in [0.29, 0.717) is 34.0 Å². The second-order valence-corrected chi connectivity index (χ2v) is 5.73. The van der Waals surface area contributed by atoms with E-state index in [1.165, 1.54) is 11.7 Å². The van der Waals surface area contributed by atoms with Crippen LogP contribution in [0.3, 0.4) is 0 Å². The molecule has 128 valence electrons. The maximum atomic E-state index is 12.6. The molecule has 7 heteroatoms. The summed E-state index contributed by atoms with van der Waals surface area (Å²) in [4.78, 5) is 29.5. The van der Waals surface area contributed by atoms with Crippen molar-refractivity contribution in [2.45, 2.75) is 13.5 Å². The van der Waals surface area contributed by atoms with E-state index in [0.717, 1.165) is 0 Å². The standard InChI is InChI=1S/C18H16ClN3O3/c1-3-22-14-7-5-4-6-12(14)20-16(18(22)24)17(23)21-13-10-11(19)8-9-15(13)25-2/h4-10H,3H2,1-2H3,(H,21,23). The predicted molar refractivity (Wildman–Crippen MR) is 97.6 cm³/mol. The van der Waals surface area contributed by atoms with Crippen LogP contribution in [0.5, 0.6) is 5.75 Å². The molecule has 0 aliphatic rings. The zero-order chi connectivity index (χ0) is 18.0. The van der Waals surface area contributed by atoms with Gasteiger partial charge in [-0.05, 0) is 37.3 Å². The number of rotatable bonds is 4. The smallest absolute Gasteiger partial charge is 0.282 e. The molecule has 0 saturated carbocycles. The third-order valence-corrected chi connectivity index (χ3v) is 4.03. The molecule has 3 rings (SSSR count). The third-order valence-electron chi connectivity index (χ3n) is 3.79. The summed E-state index contributed by atoms with van der Waals surface area (Å²) in [6.45, 7) is 2.28. The molecule has 2 aromatic carbocycles. The van der Waals surface area contributed by atoms with Gasteiger partial charge in [0.25, 0.3) is 11.5 Å². The first-order valence-electron chi connectivity index (χ1n) is 7.69. The molecule has 1 aromatic heterocycles. The highest BCUT2D eigenvalue weighted by molar-refractivity contribution is 6.31. The first-order chi connectivity index (χ1) is 12.0. The number of fused-ring (bicyclic) bond motifs is 1. The van der Waals surface area contributed by atoms with Crippen LogP contribution in [0.1, 0.15) is 17.4 Å². The normalized spacial score (nSPS) is 10.7. The summed E-state index contributed by atoms with van der Waals surface area (Å²) in [5.41, 5.74) is 1.01. The van der Waals surface area contributed by atoms with Gasteiger partial charge in [-0.1, -0.05) is 23.7 Å². The van der Waals surface area contributed by atoms with Crippen molar-refractivity contribution in [2.24, 2.45) is 0 Å². The summed E-state index contributed by atoms with van der Waals surface area (Å²) in [7, 11) is 1.48. The lowest BCUT2D eigenvalue weighted by molar-refractivity contribution is 0.102. The van der Waals surface area contributed by atoms with E-state index in [4.69, 9.17) is 16.3 Å². The monoisotopic (exact) mass is 357 g/mol. The lowest BCUT2D eigenvalue weighted by Crippen LogP contribution is -2.31. The van der Waals surface area contributed by atoms with E-state index in [9.17, 15) is 9.59 Å². The highest BCUT2D eigenvalue weighted by atomic mass is 35.5. The minimum atomic E-state index is -0.612. The molecule has 0 spiro atoms. The summed E-state index contributed by atoms with van der Waals surface area (Å²) in [5, 5.41) is 3.09. The van der Waals surface area contributed by atoms with E-state index >= 15 is 0 Å². The largest absolute Gasteiger partial charge is 0.495 e. The predicted octanol–water partition coefficient (Wildman–Crippen LogP) is 3.33. The maximum absolute atomic E-state index is 12.6. The molecule has 0 radical (unpaired) electrons. The van der Waals surface area contributed by atoms with Crippen LogP contribution in [0.15, 0.2) is 47.3 Å². The Kier molecular flexibility index (Phi) is 4.72. The van der Waals surface area contributed by atoms with E-state index < -0.39 is 11.5 Å². The van der Waals surface area contributed by atoms with Crippen molar-refractivity contribution in [3.63, 3.8) is 0 Å². The van der Waals surface area contributed by atoms with Gasteiger partial charge >= 0.3 is 0 Å². The van der Waals surface area contributed by atoms with Crippen molar-refractivity contribution in [3.05, 3.63) is 63.5 Å². The Balaban J connectivity index is 2.08. The molecular weight excluding hydrogens is 342 g/mol. The molecular formula is C18H16ClN3O3. The van der Waals surface area contributed by atoms with E-state index in [1.807, 2.05) is 19.1 Å². The van der Waals surface area contributed by atoms with Crippen LogP contribution in [-0.2, 0) is 6.54 Å². The van der Waals surface area contributed by atoms with Crippen LogP contribution in [0, 0.1) is 0 Å². The molecule has 0 bridgehead atoms. The Morgan fingerprint density at radius 2 is 2.04 bits per heavy atom. The highest BCUT2D eigenvalue weighted by Gasteiger charge is 2.18. The number of carbonyl (C=O) groups is 1. The SMILES string of the molecule is CCn1c(=O)c(C(=O)Nc2cc(Cl)ccc2OC)nc2ccccc21. The van der Waals surface area contributed by atoms with Gasteiger partial charge < -0.3 is 14.6 Å². The van der Waals surface area contributed by atoms with Gasteiger partial charge in [0, 0.05) is 11.6 Å². The van der Waals surface area contributed by atoms with E-state index in [2.05, 4.69) is 10.3 Å². The zero-order valence-electron chi connectivity index (χ0n) is 13.7. The minimum absolute atomic E-state index is 0.178. The summed E-state index contributed by atoms with van der Waals surface area (Å²) in [5.74, 6) is -0.173. The third kappa shape index (κ3) is 3.21. The number of nitrogens with one attached hydrogen (secondary N) is 1. The summed E-state index contributed by atoms with van der Waals surface area (Å²) >= 11 is 5.97. The Labute approximate surface area is 149 Å². The summed E-state index contributed by atoms with van der Waals surface area (Å²) < 4.78 is 6.73. The second-order valence-electron chi connectivity index (χ2n) is 5.30. The van der Waals surface area contributed by atoms with Gasteiger partial charge in [0.15, 0.2) is 5.69 Å². The van der Waals surface area contributed by atoms with Crippen molar-refractivity contribution in [3.8, 4) is 5.75 Å². The van der Waals surface area contributed by atoms with Crippen molar-refractivity contribution >= 4 is 34.2 Å². The van der Waals surface area contributed by atoms with Crippen LogP contribution in [-0.4, -0.2) is 22.6 Å². The number of amides is 1. The molecule has 25 heavy (non-hydrogen) atoms. The number of halogens is 1. The average Bonchev–Trinajstić information content (AvgIpc) is 2.61. The molecule has 1 N–H and O–H groups in total. The van der Waals surface area contributed by atoms with Gasteiger partial charge in [-0.15, -0.1) is 0 Å². The second kappa shape index (κ2) is 6.94. The first kappa shape index (κ1) is 17.0. The van der Waals surface area contributed by atoms with Gasteiger partial charge in [0.2, 0.25) is 0 Å². The number of carbonyl (C=O) groups excluding carboxylic acids is 1. The quantitative estimate of drug-likeness (QED) is 0.777. The number of para-hydroxylation sites is 2. The molecule has 1 amide bonds. The molecule has 0 fully saturated rings.